The second-order valence-corrected chi connectivity index (χ2v) is 5.71. The zero-order valence-corrected chi connectivity index (χ0v) is 14.3. The first-order valence-corrected chi connectivity index (χ1v) is 7.81. The molecule has 0 unspecified atom stereocenters. The molecule has 0 radical (unpaired) electrons. The zero-order chi connectivity index (χ0) is 18.4. The van der Waals surface area contributed by atoms with Crippen LogP contribution < -0.4 is 10.1 Å². The van der Waals surface area contributed by atoms with E-state index in [-0.39, 0.29) is 17.2 Å². The number of halogens is 1. The van der Waals surface area contributed by atoms with Gasteiger partial charge in [-0.1, -0.05) is 32.0 Å². The first kappa shape index (κ1) is 18.4. The lowest BCUT2D eigenvalue weighted by Gasteiger charge is -2.13. The topological polar surface area (TPSA) is 64.6 Å². The van der Waals surface area contributed by atoms with E-state index in [0.717, 1.165) is 11.6 Å². The molecule has 0 aliphatic carbocycles. The summed E-state index contributed by atoms with van der Waals surface area (Å²) in [6.45, 7) is 3.52. The van der Waals surface area contributed by atoms with Gasteiger partial charge in [-0.3, -0.25) is 4.79 Å². The summed E-state index contributed by atoms with van der Waals surface area (Å²) in [5, 5.41) is 2.70. The van der Waals surface area contributed by atoms with Gasteiger partial charge in [0.05, 0.1) is 12.7 Å². The number of carbonyl (C=O) groups is 2. The summed E-state index contributed by atoms with van der Waals surface area (Å²) >= 11 is 0. The second-order valence-electron chi connectivity index (χ2n) is 5.71. The average molecular weight is 345 g/mol. The molecule has 1 amide bonds. The summed E-state index contributed by atoms with van der Waals surface area (Å²) in [4.78, 5) is 23.9. The molecule has 1 N–H and O–H groups in total. The molecule has 2 aromatic rings. The number of para-hydroxylation sites is 1. The van der Waals surface area contributed by atoms with Crippen molar-refractivity contribution >= 4 is 17.6 Å². The molecule has 0 saturated heterocycles. The quantitative estimate of drug-likeness (QED) is 0.810. The number of esters is 1. The number of rotatable bonds is 6. The molecule has 0 aliphatic rings. The third-order valence-corrected chi connectivity index (χ3v) is 3.59. The highest BCUT2D eigenvalue weighted by Gasteiger charge is 2.16. The summed E-state index contributed by atoms with van der Waals surface area (Å²) in [7, 11) is 1.39. The maximum absolute atomic E-state index is 13.8. The van der Waals surface area contributed by atoms with E-state index in [1.165, 1.54) is 19.2 Å². The molecule has 0 bridgehead atoms. The number of nitrogens with one attached hydrogen (secondary N) is 1. The van der Waals surface area contributed by atoms with Gasteiger partial charge in [0.1, 0.15) is 11.6 Å². The van der Waals surface area contributed by atoms with Gasteiger partial charge in [0, 0.05) is 11.8 Å². The fourth-order valence-electron chi connectivity index (χ4n) is 2.30. The largest absolute Gasteiger partial charge is 0.497 e. The van der Waals surface area contributed by atoms with Crippen LogP contribution >= 0.6 is 0 Å². The molecule has 25 heavy (non-hydrogen) atoms. The van der Waals surface area contributed by atoms with E-state index in [0.29, 0.717) is 5.69 Å². The van der Waals surface area contributed by atoms with E-state index >= 15 is 0 Å². The van der Waals surface area contributed by atoms with Crippen molar-refractivity contribution in [1.29, 1.82) is 0 Å². The molecule has 0 heterocycles. The Hall–Kier alpha value is -2.89. The van der Waals surface area contributed by atoms with Crippen molar-refractivity contribution in [2.45, 2.75) is 19.8 Å². The van der Waals surface area contributed by atoms with Gasteiger partial charge in [-0.2, -0.15) is 0 Å². The highest BCUT2D eigenvalue weighted by Crippen LogP contribution is 2.23. The van der Waals surface area contributed by atoms with Crippen LogP contribution in [0, 0.1) is 5.82 Å². The van der Waals surface area contributed by atoms with Gasteiger partial charge in [0.15, 0.2) is 6.61 Å². The maximum atomic E-state index is 13.8. The first-order chi connectivity index (χ1) is 11.9. The van der Waals surface area contributed by atoms with Crippen molar-refractivity contribution < 1.29 is 23.5 Å². The van der Waals surface area contributed by atoms with Crippen LogP contribution in [0.3, 0.4) is 0 Å². The average Bonchev–Trinajstić information content (AvgIpc) is 2.59. The Bertz CT molecular complexity index is 774. The molecule has 2 aromatic carbocycles. The van der Waals surface area contributed by atoms with Crippen molar-refractivity contribution in [2.24, 2.45) is 0 Å². The van der Waals surface area contributed by atoms with Crippen LogP contribution in [0.2, 0.25) is 0 Å². The Balaban J connectivity index is 1.97. The van der Waals surface area contributed by atoms with Crippen molar-refractivity contribution in [3.05, 3.63) is 59.4 Å². The van der Waals surface area contributed by atoms with E-state index in [1.54, 1.807) is 12.1 Å². The van der Waals surface area contributed by atoms with Crippen molar-refractivity contribution in [2.75, 3.05) is 19.0 Å². The lowest BCUT2D eigenvalue weighted by Crippen LogP contribution is -2.22. The summed E-state index contributed by atoms with van der Waals surface area (Å²) < 4.78 is 23.6. The number of hydrogen-bond donors (Lipinski definition) is 1. The Morgan fingerprint density at radius 3 is 2.52 bits per heavy atom. The molecule has 0 fully saturated rings. The minimum absolute atomic E-state index is 0.229. The van der Waals surface area contributed by atoms with Crippen LogP contribution in [0.25, 0.3) is 0 Å². The van der Waals surface area contributed by atoms with Crippen LogP contribution in [0.5, 0.6) is 5.75 Å². The third kappa shape index (κ3) is 4.79. The predicted molar refractivity (Wildman–Crippen MR) is 92.4 cm³/mol. The minimum Gasteiger partial charge on any atom is -0.497 e. The predicted octanol–water partition coefficient (Wildman–Crippen LogP) is 3.75. The normalized spacial score (nSPS) is 10.4. The Morgan fingerprint density at radius 2 is 1.88 bits per heavy atom. The van der Waals surface area contributed by atoms with Gasteiger partial charge in [-0.15, -0.1) is 0 Å². The molecule has 0 aliphatic heterocycles. The van der Waals surface area contributed by atoms with Crippen molar-refractivity contribution in [1.82, 2.24) is 0 Å². The molecule has 0 atom stereocenters. The SMILES string of the molecule is COc1ccc(C(=O)OCC(=O)Nc2ccccc2C(C)C)c(F)c1. The summed E-state index contributed by atoms with van der Waals surface area (Å²) in [6, 6.07) is 11.2. The summed E-state index contributed by atoms with van der Waals surface area (Å²) in [6.07, 6.45) is 0. The second kappa shape index (κ2) is 8.28. The first-order valence-electron chi connectivity index (χ1n) is 7.81. The lowest BCUT2D eigenvalue weighted by atomic mass is 10.0. The van der Waals surface area contributed by atoms with Crippen molar-refractivity contribution in [3.63, 3.8) is 0 Å². The van der Waals surface area contributed by atoms with Gasteiger partial charge in [0.2, 0.25) is 0 Å². The minimum atomic E-state index is -0.910. The molecular weight excluding hydrogens is 325 g/mol. The van der Waals surface area contributed by atoms with E-state index < -0.39 is 24.3 Å². The number of amides is 1. The molecule has 2 rings (SSSR count). The Morgan fingerprint density at radius 1 is 1.16 bits per heavy atom. The van der Waals surface area contributed by atoms with Gasteiger partial charge in [-0.25, -0.2) is 9.18 Å². The van der Waals surface area contributed by atoms with E-state index in [2.05, 4.69) is 5.32 Å². The van der Waals surface area contributed by atoms with Gasteiger partial charge in [-0.05, 0) is 29.7 Å². The van der Waals surface area contributed by atoms with Crippen LogP contribution in [-0.4, -0.2) is 25.6 Å². The molecule has 5 nitrogen and oxygen atoms in total. The Labute approximate surface area is 145 Å². The van der Waals surface area contributed by atoms with E-state index in [1.807, 2.05) is 26.0 Å². The monoisotopic (exact) mass is 345 g/mol. The van der Waals surface area contributed by atoms with Crippen LogP contribution in [0.15, 0.2) is 42.5 Å². The molecule has 0 saturated carbocycles. The van der Waals surface area contributed by atoms with Gasteiger partial charge in [0.25, 0.3) is 5.91 Å². The highest BCUT2D eigenvalue weighted by molar-refractivity contribution is 5.96. The van der Waals surface area contributed by atoms with Crippen molar-refractivity contribution in [3.8, 4) is 5.75 Å². The maximum Gasteiger partial charge on any atom is 0.341 e. The number of methoxy groups -OCH3 is 1. The standard InChI is InChI=1S/C19H20FNO4/c1-12(2)14-6-4-5-7-17(14)21-18(22)11-25-19(23)15-9-8-13(24-3)10-16(15)20/h4-10,12H,11H2,1-3H3,(H,21,22). The number of benzene rings is 2. The summed E-state index contributed by atoms with van der Waals surface area (Å²) in [5.74, 6) is -1.65. The molecule has 0 spiro atoms. The fourth-order valence-corrected chi connectivity index (χ4v) is 2.30. The van der Waals surface area contributed by atoms with Crippen LogP contribution in [0.1, 0.15) is 35.7 Å². The Kier molecular flexibility index (Phi) is 6.11. The highest BCUT2D eigenvalue weighted by atomic mass is 19.1. The van der Waals surface area contributed by atoms with Gasteiger partial charge < -0.3 is 14.8 Å². The molecule has 132 valence electrons. The molecule has 6 heteroatoms. The number of anilines is 1. The zero-order valence-electron chi connectivity index (χ0n) is 14.3. The summed E-state index contributed by atoms with van der Waals surface area (Å²) in [5.41, 5.74) is 1.38. The number of hydrogen-bond acceptors (Lipinski definition) is 4. The fraction of sp³-hybridized carbons (Fsp3) is 0.263. The number of carbonyl (C=O) groups excluding carboxylic acids is 2. The third-order valence-electron chi connectivity index (χ3n) is 3.59. The van der Waals surface area contributed by atoms with Crippen LogP contribution in [-0.2, 0) is 9.53 Å². The van der Waals surface area contributed by atoms with Gasteiger partial charge >= 0.3 is 5.97 Å². The number of ether oxygens (including phenoxy) is 2. The van der Waals surface area contributed by atoms with E-state index in [4.69, 9.17) is 9.47 Å². The molecule has 0 aromatic heterocycles. The van der Waals surface area contributed by atoms with E-state index in [9.17, 15) is 14.0 Å². The smallest absolute Gasteiger partial charge is 0.341 e. The lowest BCUT2D eigenvalue weighted by molar-refractivity contribution is -0.119. The van der Waals surface area contributed by atoms with Crippen LogP contribution in [0.4, 0.5) is 10.1 Å². The molecular formula is C19H20FNO4.